The number of rotatable bonds is 4. The Labute approximate surface area is 106 Å². The Kier molecular flexibility index (Phi) is 4.66. The molecule has 5 heteroatoms. The maximum Gasteiger partial charge on any atom is 0.230 e. The average Bonchev–Trinajstić information content (AvgIpc) is 2.40. The molecule has 1 aromatic carbocycles. The lowest BCUT2D eigenvalue weighted by atomic mass is 10.3. The summed E-state index contributed by atoms with van der Waals surface area (Å²) in [6, 6.07) is 6.20. The smallest absolute Gasteiger partial charge is 0.230 e. The van der Waals surface area contributed by atoms with Crippen LogP contribution in [0, 0.1) is 5.82 Å². The summed E-state index contributed by atoms with van der Waals surface area (Å²) in [7, 11) is 0. The van der Waals surface area contributed by atoms with Crippen LogP contribution in [0.2, 0.25) is 0 Å². The van der Waals surface area contributed by atoms with Crippen molar-refractivity contribution in [1.82, 2.24) is 0 Å². The number of amides is 1. The molecule has 1 amide bonds. The molecule has 0 atom stereocenters. The maximum absolute atomic E-state index is 13.3. The fourth-order valence-electron chi connectivity index (χ4n) is 1.98. The van der Waals surface area contributed by atoms with E-state index in [-0.39, 0.29) is 11.6 Å². The van der Waals surface area contributed by atoms with Gasteiger partial charge in [0.1, 0.15) is 18.9 Å². The van der Waals surface area contributed by atoms with Crippen LogP contribution in [-0.2, 0) is 9.53 Å². The number of benzene rings is 1. The van der Waals surface area contributed by atoms with Crippen molar-refractivity contribution < 1.29 is 18.8 Å². The quantitative estimate of drug-likeness (QED) is 0.797. The standard InChI is InChI=1S/C13H17FN2O2/c14-11-3-1-2-4-12(11)15-13(17)5-6-16-7-9-18-10-8-16/h1-4H,5-10H2,(H,15,17)/p+1. The van der Waals surface area contributed by atoms with E-state index in [4.69, 9.17) is 4.74 Å². The van der Waals surface area contributed by atoms with Gasteiger partial charge in [0.25, 0.3) is 0 Å². The zero-order valence-electron chi connectivity index (χ0n) is 10.2. The first-order chi connectivity index (χ1) is 8.75. The third-order valence-electron chi connectivity index (χ3n) is 3.05. The third kappa shape index (κ3) is 3.78. The Balaban J connectivity index is 1.76. The van der Waals surface area contributed by atoms with Crippen LogP contribution < -0.4 is 10.2 Å². The van der Waals surface area contributed by atoms with Gasteiger partial charge < -0.3 is 15.0 Å². The molecule has 0 bridgehead atoms. The Morgan fingerprint density at radius 3 is 2.78 bits per heavy atom. The summed E-state index contributed by atoms with van der Waals surface area (Å²) in [5.74, 6) is -0.538. The van der Waals surface area contributed by atoms with E-state index in [1.807, 2.05) is 0 Å². The fourth-order valence-corrected chi connectivity index (χ4v) is 1.98. The SMILES string of the molecule is O=C(CC[NH+]1CCOCC1)Nc1ccccc1F. The van der Waals surface area contributed by atoms with Crippen LogP contribution in [0.15, 0.2) is 24.3 Å². The molecule has 2 rings (SSSR count). The van der Waals surface area contributed by atoms with Gasteiger partial charge in [0, 0.05) is 0 Å². The van der Waals surface area contributed by atoms with E-state index >= 15 is 0 Å². The molecule has 0 unspecified atom stereocenters. The lowest BCUT2D eigenvalue weighted by Crippen LogP contribution is -3.14. The van der Waals surface area contributed by atoms with Gasteiger partial charge in [-0.2, -0.15) is 0 Å². The van der Waals surface area contributed by atoms with Crippen molar-refractivity contribution in [3.8, 4) is 0 Å². The van der Waals surface area contributed by atoms with Crippen molar-refractivity contribution in [2.75, 3.05) is 38.2 Å². The predicted octanol–water partition coefficient (Wildman–Crippen LogP) is 0.0694. The van der Waals surface area contributed by atoms with Crippen LogP contribution in [0.5, 0.6) is 0 Å². The summed E-state index contributed by atoms with van der Waals surface area (Å²) in [6.45, 7) is 4.15. The van der Waals surface area contributed by atoms with Crippen LogP contribution in [0.3, 0.4) is 0 Å². The van der Waals surface area contributed by atoms with Gasteiger partial charge in [0.15, 0.2) is 0 Å². The monoisotopic (exact) mass is 253 g/mol. The topological polar surface area (TPSA) is 42.8 Å². The molecule has 4 nitrogen and oxygen atoms in total. The zero-order chi connectivity index (χ0) is 12.8. The van der Waals surface area contributed by atoms with Crippen molar-refractivity contribution in [3.63, 3.8) is 0 Å². The molecule has 0 aliphatic carbocycles. The molecule has 1 heterocycles. The van der Waals surface area contributed by atoms with Gasteiger partial charge in [-0.3, -0.25) is 4.79 Å². The molecule has 1 aliphatic rings. The van der Waals surface area contributed by atoms with E-state index in [0.29, 0.717) is 6.42 Å². The Morgan fingerprint density at radius 2 is 2.06 bits per heavy atom. The molecule has 18 heavy (non-hydrogen) atoms. The van der Waals surface area contributed by atoms with Crippen LogP contribution in [0.4, 0.5) is 10.1 Å². The maximum atomic E-state index is 13.3. The highest BCUT2D eigenvalue weighted by molar-refractivity contribution is 5.90. The highest BCUT2D eigenvalue weighted by Crippen LogP contribution is 2.12. The van der Waals surface area contributed by atoms with E-state index < -0.39 is 5.82 Å². The molecule has 0 aromatic heterocycles. The number of morpholine rings is 1. The van der Waals surface area contributed by atoms with Crippen LogP contribution >= 0.6 is 0 Å². The molecule has 1 aromatic rings. The lowest BCUT2D eigenvalue weighted by Gasteiger charge is -2.23. The molecule has 0 saturated carbocycles. The molecule has 2 N–H and O–H groups in total. The average molecular weight is 253 g/mol. The minimum Gasteiger partial charge on any atom is -0.370 e. The highest BCUT2D eigenvalue weighted by atomic mass is 19.1. The van der Waals surface area contributed by atoms with Crippen molar-refractivity contribution in [2.24, 2.45) is 0 Å². The Bertz CT molecular complexity index is 406. The minimum absolute atomic E-state index is 0.140. The number of carbonyl (C=O) groups excluding carboxylic acids is 1. The Hall–Kier alpha value is -1.46. The second kappa shape index (κ2) is 6.47. The van der Waals surface area contributed by atoms with E-state index in [1.54, 1.807) is 18.2 Å². The minimum atomic E-state index is -0.399. The number of hydrogen-bond donors (Lipinski definition) is 2. The predicted molar refractivity (Wildman–Crippen MR) is 66.0 cm³/mol. The normalized spacial score (nSPS) is 16.5. The van der Waals surface area contributed by atoms with Gasteiger partial charge in [-0.15, -0.1) is 0 Å². The number of quaternary nitrogens is 1. The van der Waals surface area contributed by atoms with Gasteiger partial charge in [-0.1, -0.05) is 12.1 Å². The van der Waals surface area contributed by atoms with Gasteiger partial charge in [0.2, 0.25) is 5.91 Å². The zero-order valence-corrected chi connectivity index (χ0v) is 10.2. The van der Waals surface area contributed by atoms with Gasteiger partial charge >= 0.3 is 0 Å². The molecular formula is C13H18FN2O2+. The van der Waals surface area contributed by atoms with Gasteiger partial charge in [0.05, 0.1) is 31.9 Å². The molecule has 1 aliphatic heterocycles. The molecule has 1 fully saturated rings. The number of anilines is 1. The first-order valence-corrected chi connectivity index (χ1v) is 6.21. The van der Waals surface area contributed by atoms with Crippen molar-refractivity contribution in [1.29, 1.82) is 0 Å². The van der Waals surface area contributed by atoms with Crippen molar-refractivity contribution >= 4 is 11.6 Å². The van der Waals surface area contributed by atoms with Crippen LogP contribution in [0.25, 0.3) is 0 Å². The summed E-state index contributed by atoms with van der Waals surface area (Å²) in [4.78, 5) is 13.1. The lowest BCUT2D eigenvalue weighted by molar-refractivity contribution is -0.907. The number of carbonyl (C=O) groups is 1. The first kappa shape index (κ1) is 13.0. The number of nitrogens with one attached hydrogen (secondary N) is 2. The van der Waals surface area contributed by atoms with E-state index in [2.05, 4.69) is 5.32 Å². The van der Waals surface area contributed by atoms with Crippen LogP contribution in [0.1, 0.15) is 6.42 Å². The second-order valence-corrected chi connectivity index (χ2v) is 4.39. The van der Waals surface area contributed by atoms with Gasteiger partial charge in [-0.05, 0) is 12.1 Å². The summed E-state index contributed by atoms with van der Waals surface area (Å²) in [5, 5.41) is 2.59. The van der Waals surface area contributed by atoms with Crippen molar-refractivity contribution in [3.05, 3.63) is 30.1 Å². The summed E-state index contributed by atoms with van der Waals surface area (Å²) in [5.41, 5.74) is 0.250. The molecule has 98 valence electrons. The molecule has 0 spiro atoms. The Morgan fingerprint density at radius 1 is 1.33 bits per heavy atom. The van der Waals surface area contributed by atoms with Gasteiger partial charge in [-0.25, -0.2) is 4.39 Å². The summed E-state index contributed by atoms with van der Waals surface area (Å²) < 4.78 is 18.6. The summed E-state index contributed by atoms with van der Waals surface area (Å²) in [6.07, 6.45) is 0.406. The molecular weight excluding hydrogens is 235 g/mol. The summed E-state index contributed by atoms with van der Waals surface area (Å²) >= 11 is 0. The largest absolute Gasteiger partial charge is 0.370 e. The number of ether oxygens (including phenoxy) is 1. The highest BCUT2D eigenvalue weighted by Gasteiger charge is 2.15. The van der Waals surface area contributed by atoms with E-state index in [0.717, 1.165) is 32.8 Å². The number of para-hydroxylation sites is 1. The fraction of sp³-hybridized carbons (Fsp3) is 0.462. The molecule has 0 radical (unpaired) electrons. The van der Waals surface area contributed by atoms with E-state index in [1.165, 1.54) is 11.0 Å². The number of hydrogen-bond acceptors (Lipinski definition) is 2. The third-order valence-corrected chi connectivity index (χ3v) is 3.05. The first-order valence-electron chi connectivity index (χ1n) is 6.21. The van der Waals surface area contributed by atoms with Crippen LogP contribution in [-0.4, -0.2) is 38.8 Å². The number of halogens is 1. The van der Waals surface area contributed by atoms with E-state index in [9.17, 15) is 9.18 Å². The van der Waals surface area contributed by atoms with Crippen molar-refractivity contribution in [2.45, 2.75) is 6.42 Å². The molecule has 1 saturated heterocycles. The second-order valence-electron chi connectivity index (χ2n) is 4.39.